The van der Waals surface area contributed by atoms with Gasteiger partial charge in [-0.25, -0.2) is 4.98 Å². The summed E-state index contributed by atoms with van der Waals surface area (Å²) in [5.74, 6) is -0.00376. The fourth-order valence-corrected chi connectivity index (χ4v) is 3.69. The van der Waals surface area contributed by atoms with E-state index in [4.69, 9.17) is 9.47 Å². The van der Waals surface area contributed by atoms with E-state index in [1.54, 1.807) is 20.1 Å². The number of hydrazine groups is 1. The summed E-state index contributed by atoms with van der Waals surface area (Å²) in [6.07, 6.45) is 0.137. The van der Waals surface area contributed by atoms with Crippen LogP contribution in [-0.4, -0.2) is 50.2 Å². The number of benzene rings is 1. The van der Waals surface area contributed by atoms with Gasteiger partial charge in [0.15, 0.2) is 5.13 Å². The first kappa shape index (κ1) is 19.1. The highest BCUT2D eigenvalue weighted by atomic mass is 32.1. The van der Waals surface area contributed by atoms with E-state index in [9.17, 15) is 9.59 Å². The number of morpholine rings is 1. The average molecular weight is 390 g/mol. The molecule has 0 aliphatic carbocycles. The summed E-state index contributed by atoms with van der Waals surface area (Å²) < 4.78 is 10.5. The van der Waals surface area contributed by atoms with Gasteiger partial charge in [-0.3, -0.25) is 20.4 Å². The number of nitrogens with zero attached hydrogens (tertiary/aromatic N) is 2. The predicted octanol–water partition coefficient (Wildman–Crippen LogP) is 1.30. The number of ether oxygens (including phenoxy) is 2. The summed E-state index contributed by atoms with van der Waals surface area (Å²) in [5.41, 5.74) is 6.35. The van der Waals surface area contributed by atoms with Gasteiger partial charge >= 0.3 is 0 Å². The molecule has 0 unspecified atom stereocenters. The van der Waals surface area contributed by atoms with Crippen molar-refractivity contribution in [2.75, 3.05) is 38.3 Å². The van der Waals surface area contributed by atoms with Gasteiger partial charge in [0.05, 0.1) is 32.4 Å². The first-order valence-corrected chi connectivity index (χ1v) is 9.40. The zero-order valence-corrected chi connectivity index (χ0v) is 16.1. The molecule has 1 aliphatic rings. The van der Waals surface area contributed by atoms with Crippen LogP contribution in [0.25, 0.3) is 0 Å². The highest BCUT2D eigenvalue weighted by Gasteiger charge is 2.20. The molecule has 144 valence electrons. The van der Waals surface area contributed by atoms with Crippen LogP contribution in [0.3, 0.4) is 0 Å². The van der Waals surface area contributed by atoms with Gasteiger partial charge in [0, 0.05) is 13.1 Å². The maximum Gasteiger partial charge on any atom is 0.281 e. The Hall–Kier alpha value is -2.65. The molecule has 8 nitrogen and oxygen atoms in total. The van der Waals surface area contributed by atoms with Crippen molar-refractivity contribution in [2.45, 2.75) is 13.3 Å². The standard InChI is InChI=1S/C18H22N4O4S/c1-12-16(27-18(19-12)22-6-8-26-9-7-22)17(24)21-20-15(23)11-13-4-3-5-14(10-13)25-2/h3-5,10H,6-9,11H2,1-2H3,(H,20,23)(H,21,24). The number of aryl methyl sites for hydroxylation is 1. The number of rotatable bonds is 5. The zero-order valence-electron chi connectivity index (χ0n) is 15.3. The number of nitrogens with one attached hydrogen (secondary N) is 2. The molecule has 2 N–H and O–H groups in total. The summed E-state index contributed by atoms with van der Waals surface area (Å²) in [6, 6.07) is 7.23. The topological polar surface area (TPSA) is 92.8 Å². The Kier molecular flexibility index (Phi) is 6.25. The van der Waals surface area contributed by atoms with Crippen molar-refractivity contribution in [3.63, 3.8) is 0 Å². The van der Waals surface area contributed by atoms with Crippen LogP contribution in [0.2, 0.25) is 0 Å². The minimum atomic E-state index is -0.372. The predicted molar refractivity (Wildman–Crippen MR) is 102 cm³/mol. The smallest absolute Gasteiger partial charge is 0.281 e. The van der Waals surface area contributed by atoms with Gasteiger partial charge in [-0.05, 0) is 24.6 Å². The second-order valence-electron chi connectivity index (χ2n) is 6.04. The summed E-state index contributed by atoms with van der Waals surface area (Å²) in [5, 5.41) is 0.795. The maximum atomic E-state index is 12.4. The molecule has 0 bridgehead atoms. The number of aromatic nitrogens is 1. The third-order valence-electron chi connectivity index (χ3n) is 4.09. The van der Waals surface area contributed by atoms with Crippen molar-refractivity contribution in [1.82, 2.24) is 15.8 Å². The first-order valence-electron chi connectivity index (χ1n) is 8.59. The number of carbonyl (C=O) groups is 2. The van der Waals surface area contributed by atoms with E-state index in [1.165, 1.54) is 11.3 Å². The summed E-state index contributed by atoms with van der Waals surface area (Å²) in [4.78, 5) is 31.5. The van der Waals surface area contributed by atoms with Crippen molar-refractivity contribution >= 4 is 28.3 Å². The minimum absolute atomic E-state index is 0.137. The van der Waals surface area contributed by atoms with Crippen molar-refractivity contribution in [2.24, 2.45) is 0 Å². The van der Waals surface area contributed by atoms with Gasteiger partial charge in [0.1, 0.15) is 10.6 Å². The number of hydrogen-bond acceptors (Lipinski definition) is 7. The molecule has 1 aromatic heterocycles. The second-order valence-corrected chi connectivity index (χ2v) is 7.02. The van der Waals surface area contributed by atoms with Crippen LogP contribution in [0.15, 0.2) is 24.3 Å². The Morgan fingerprint density at radius 3 is 2.81 bits per heavy atom. The zero-order chi connectivity index (χ0) is 19.2. The van der Waals surface area contributed by atoms with Crippen LogP contribution in [0.1, 0.15) is 20.9 Å². The number of methoxy groups -OCH3 is 1. The molecule has 1 aliphatic heterocycles. The van der Waals surface area contributed by atoms with Crippen LogP contribution in [-0.2, 0) is 16.0 Å². The van der Waals surface area contributed by atoms with E-state index >= 15 is 0 Å². The molecule has 0 saturated carbocycles. The molecular formula is C18H22N4O4S. The molecule has 1 aromatic carbocycles. The molecule has 0 atom stereocenters. The molecule has 0 radical (unpaired) electrons. The molecule has 1 fully saturated rings. The van der Waals surface area contributed by atoms with Gasteiger partial charge in [-0.2, -0.15) is 0 Å². The van der Waals surface area contributed by atoms with Crippen molar-refractivity contribution < 1.29 is 19.1 Å². The number of amides is 2. The van der Waals surface area contributed by atoms with Gasteiger partial charge in [-0.1, -0.05) is 23.5 Å². The van der Waals surface area contributed by atoms with Gasteiger partial charge in [0.2, 0.25) is 5.91 Å². The number of carbonyl (C=O) groups excluding carboxylic acids is 2. The molecule has 0 spiro atoms. The summed E-state index contributed by atoms with van der Waals surface area (Å²) >= 11 is 1.31. The monoisotopic (exact) mass is 390 g/mol. The fourth-order valence-electron chi connectivity index (χ4n) is 2.68. The van der Waals surface area contributed by atoms with Gasteiger partial charge in [-0.15, -0.1) is 0 Å². The van der Waals surface area contributed by atoms with Crippen LogP contribution >= 0.6 is 11.3 Å². The van der Waals surface area contributed by atoms with Crippen molar-refractivity contribution in [1.29, 1.82) is 0 Å². The van der Waals surface area contributed by atoms with Gasteiger partial charge in [0.25, 0.3) is 5.91 Å². The minimum Gasteiger partial charge on any atom is -0.497 e. The molecule has 3 rings (SSSR count). The lowest BCUT2D eigenvalue weighted by molar-refractivity contribution is -0.121. The molecule has 9 heteroatoms. The third kappa shape index (κ3) is 4.95. The Labute approximate surface area is 161 Å². The average Bonchev–Trinajstić information content (AvgIpc) is 3.09. The maximum absolute atomic E-state index is 12.4. The largest absolute Gasteiger partial charge is 0.497 e. The first-order chi connectivity index (χ1) is 13.1. The Bertz CT molecular complexity index is 817. The molecule has 27 heavy (non-hydrogen) atoms. The van der Waals surface area contributed by atoms with Gasteiger partial charge < -0.3 is 14.4 Å². The molecule has 2 heterocycles. The SMILES string of the molecule is COc1cccc(CC(=O)NNC(=O)c2sc(N3CCOCC3)nc2C)c1. The Morgan fingerprint density at radius 2 is 2.07 bits per heavy atom. The Balaban J connectivity index is 1.55. The highest BCUT2D eigenvalue weighted by molar-refractivity contribution is 7.17. The van der Waals surface area contributed by atoms with E-state index in [1.807, 2.05) is 18.2 Å². The number of thiazole rings is 1. The second kappa shape index (κ2) is 8.83. The lowest BCUT2D eigenvalue weighted by Gasteiger charge is -2.25. The van der Waals surface area contributed by atoms with E-state index in [0.29, 0.717) is 29.5 Å². The van der Waals surface area contributed by atoms with Crippen LogP contribution in [0.4, 0.5) is 5.13 Å². The van der Waals surface area contributed by atoms with E-state index < -0.39 is 0 Å². The van der Waals surface area contributed by atoms with Crippen molar-refractivity contribution in [3.8, 4) is 5.75 Å². The lowest BCUT2D eigenvalue weighted by Crippen LogP contribution is -2.42. The quantitative estimate of drug-likeness (QED) is 0.748. The summed E-state index contributed by atoms with van der Waals surface area (Å²) in [6.45, 7) is 4.60. The molecule has 2 amide bonds. The van der Waals surface area contributed by atoms with Crippen LogP contribution in [0.5, 0.6) is 5.75 Å². The number of hydrogen-bond donors (Lipinski definition) is 2. The molecule has 1 saturated heterocycles. The van der Waals surface area contributed by atoms with Crippen molar-refractivity contribution in [3.05, 3.63) is 40.4 Å². The normalized spacial score (nSPS) is 13.9. The molecular weight excluding hydrogens is 368 g/mol. The third-order valence-corrected chi connectivity index (χ3v) is 5.30. The van der Waals surface area contributed by atoms with E-state index in [2.05, 4.69) is 20.7 Å². The number of anilines is 1. The summed E-state index contributed by atoms with van der Waals surface area (Å²) in [7, 11) is 1.57. The fraction of sp³-hybridized carbons (Fsp3) is 0.389. The van der Waals surface area contributed by atoms with E-state index in [0.717, 1.165) is 23.8 Å². The lowest BCUT2D eigenvalue weighted by atomic mass is 10.1. The van der Waals surface area contributed by atoms with Crippen LogP contribution in [0, 0.1) is 6.92 Å². The highest BCUT2D eigenvalue weighted by Crippen LogP contribution is 2.26. The Morgan fingerprint density at radius 1 is 1.30 bits per heavy atom. The van der Waals surface area contributed by atoms with E-state index in [-0.39, 0.29) is 18.2 Å². The molecule has 2 aromatic rings. The van der Waals surface area contributed by atoms with Crippen LogP contribution < -0.4 is 20.5 Å².